The highest BCUT2D eigenvalue weighted by Gasteiger charge is 2.21. The summed E-state index contributed by atoms with van der Waals surface area (Å²) in [5.41, 5.74) is 2.56. The fourth-order valence-electron chi connectivity index (χ4n) is 2.15. The van der Waals surface area contributed by atoms with Crippen LogP contribution >= 0.6 is 0 Å². The van der Waals surface area contributed by atoms with E-state index in [-0.39, 0.29) is 5.41 Å². The summed E-state index contributed by atoms with van der Waals surface area (Å²) in [7, 11) is 0. The van der Waals surface area contributed by atoms with Crippen LogP contribution < -0.4 is 16.2 Å². The lowest BCUT2D eigenvalue weighted by molar-refractivity contribution is 0.529. The maximum atomic E-state index is 5.57. The molecule has 1 aromatic rings. The van der Waals surface area contributed by atoms with Crippen molar-refractivity contribution in [3.05, 3.63) is 11.9 Å². The molecule has 0 unspecified atom stereocenters. The lowest BCUT2D eigenvalue weighted by Crippen LogP contribution is -2.33. The Balaban J connectivity index is 3.22. The van der Waals surface area contributed by atoms with E-state index in [0.717, 1.165) is 24.7 Å². The van der Waals surface area contributed by atoms with Crippen LogP contribution in [-0.4, -0.2) is 23.1 Å². The quantitative estimate of drug-likeness (QED) is 0.623. The van der Waals surface area contributed by atoms with Crippen LogP contribution in [0.4, 0.5) is 11.6 Å². The molecule has 0 aliphatic carbocycles. The third-order valence-electron chi connectivity index (χ3n) is 3.03. The van der Waals surface area contributed by atoms with Gasteiger partial charge in [0, 0.05) is 24.6 Å². The van der Waals surface area contributed by atoms with Crippen molar-refractivity contribution >= 4 is 11.6 Å². The van der Waals surface area contributed by atoms with Crippen LogP contribution in [0, 0.1) is 11.8 Å². The van der Waals surface area contributed by atoms with E-state index in [9.17, 15) is 0 Å². The molecular formula is C16H31N5. The summed E-state index contributed by atoms with van der Waals surface area (Å²) in [6.07, 6.45) is 0. The molecule has 5 nitrogen and oxygen atoms in total. The van der Waals surface area contributed by atoms with E-state index in [1.54, 1.807) is 0 Å². The van der Waals surface area contributed by atoms with Gasteiger partial charge in [0.2, 0.25) is 0 Å². The number of hydrogen-bond acceptors (Lipinski definition) is 5. The molecule has 21 heavy (non-hydrogen) atoms. The van der Waals surface area contributed by atoms with Crippen molar-refractivity contribution in [2.75, 3.05) is 23.4 Å². The summed E-state index contributed by atoms with van der Waals surface area (Å²) in [6.45, 7) is 17.2. The molecule has 0 aliphatic rings. The van der Waals surface area contributed by atoms with Crippen LogP contribution in [0.15, 0.2) is 6.07 Å². The Hall–Kier alpha value is -1.36. The van der Waals surface area contributed by atoms with Gasteiger partial charge in [-0.15, -0.1) is 0 Å². The van der Waals surface area contributed by atoms with Crippen molar-refractivity contribution in [1.82, 2.24) is 9.97 Å². The number of aromatic nitrogens is 2. The molecule has 120 valence electrons. The van der Waals surface area contributed by atoms with Crippen molar-refractivity contribution in [2.45, 2.75) is 53.9 Å². The standard InChI is InChI=1S/C16H31N5/c1-11(2)9-21(10-12(3)4)14-8-13(20-17)18-15(19-14)16(5,6)7/h8,11-12H,9-10,17H2,1-7H3,(H,18,19,20). The van der Waals surface area contributed by atoms with Crippen molar-refractivity contribution < 1.29 is 0 Å². The summed E-state index contributed by atoms with van der Waals surface area (Å²) in [5, 5.41) is 0. The van der Waals surface area contributed by atoms with E-state index in [2.05, 4.69) is 63.8 Å². The second kappa shape index (κ2) is 7.07. The van der Waals surface area contributed by atoms with Gasteiger partial charge in [-0.25, -0.2) is 15.8 Å². The van der Waals surface area contributed by atoms with Gasteiger partial charge < -0.3 is 10.3 Å². The Morgan fingerprint density at radius 1 is 1.10 bits per heavy atom. The SMILES string of the molecule is CC(C)CN(CC(C)C)c1cc(NN)nc(C(C)(C)C)n1. The number of hydrazine groups is 1. The van der Waals surface area contributed by atoms with Crippen LogP contribution in [0.3, 0.4) is 0 Å². The van der Waals surface area contributed by atoms with E-state index in [4.69, 9.17) is 10.8 Å². The second-order valence-corrected chi connectivity index (χ2v) is 7.52. The molecule has 0 aromatic carbocycles. The Labute approximate surface area is 129 Å². The molecule has 0 fully saturated rings. The number of anilines is 2. The van der Waals surface area contributed by atoms with E-state index in [1.165, 1.54) is 0 Å². The molecule has 0 saturated carbocycles. The number of nitrogens with two attached hydrogens (primary N) is 1. The molecule has 0 spiro atoms. The van der Waals surface area contributed by atoms with Crippen molar-refractivity contribution in [3.63, 3.8) is 0 Å². The van der Waals surface area contributed by atoms with Crippen LogP contribution in [0.1, 0.15) is 54.3 Å². The Morgan fingerprint density at radius 2 is 1.62 bits per heavy atom. The van der Waals surface area contributed by atoms with Gasteiger partial charge in [0.25, 0.3) is 0 Å². The number of nitrogen functional groups attached to an aromatic ring is 1. The Bertz CT molecular complexity index is 438. The normalized spacial score (nSPS) is 12.1. The topological polar surface area (TPSA) is 67.1 Å². The monoisotopic (exact) mass is 293 g/mol. The van der Waals surface area contributed by atoms with Crippen molar-refractivity contribution in [1.29, 1.82) is 0 Å². The van der Waals surface area contributed by atoms with Crippen molar-refractivity contribution in [3.8, 4) is 0 Å². The van der Waals surface area contributed by atoms with Gasteiger partial charge in [0.15, 0.2) is 0 Å². The number of hydrogen-bond donors (Lipinski definition) is 2. The zero-order valence-electron chi connectivity index (χ0n) is 14.6. The predicted molar refractivity (Wildman–Crippen MR) is 90.4 cm³/mol. The first kappa shape index (κ1) is 17.7. The van der Waals surface area contributed by atoms with E-state index < -0.39 is 0 Å². The third kappa shape index (κ3) is 5.50. The molecule has 1 aromatic heterocycles. The minimum absolute atomic E-state index is 0.108. The van der Waals surface area contributed by atoms with Crippen LogP contribution in [0.2, 0.25) is 0 Å². The van der Waals surface area contributed by atoms with E-state index >= 15 is 0 Å². The van der Waals surface area contributed by atoms with Gasteiger partial charge >= 0.3 is 0 Å². The maximum absolute atomic E-state index is 5.57. The molecule has 1 heterocycles. The molecule has 0 bridgehead atoms. The van der Waals surface area contributed by atoms with Gasteiger partial charge in [-0.2, -0.15) is 0 Å². The molecule has 1 rings (SSSR count). The summed E-state index contributed by atoms with van der Waals surface area (Å²) in [4.78, 5) is 11.6. The van der Waals surface area contributed by atoms with E-state index in [0.29, 0.717) is 17.7 Å². The highest BCUT2D eigenvalue weighted by molar-refractivity contribution is 5.49. The number of rotatable bonds is 6. The summed E-state index contributed by atoms with van der Waals surface area (Å²) in [6, 6.07) is 1.93. The number of nitrogens with one attached hydrogen (secondary N) is 1. The van der Waals surface area contributed by atoms with Crippen LogP contribution in [0.25, 0.3) is 0 Å². The van der Waals surface area contributed by atoms with Crippen molar-refractivity contribution in [2.24, 2.45) is 17.7 Å². The number of nitrogens with zero attached hydrogens (tertiary/aromatic N) is 3. The summed E-state index contributed by atoms with van der Waals surface area (Å²) < 4.78 is 0. The summed E-state index contributed by atoms with van der Waals surface area (Å²) in [5.74, 6) is 9.15. The first-order valence-electron chi connectivity index (χ1n) is 7.74. The minimum atomic E-state index is -0.108. The predicted octanol–water partition coefficient (Wildman–Crippen LogP) is 3.18. The first-order chi connectivity index (χ1) is 9.63. The molecule has 0 saturated heterocycles. The third-order valence-corrected chi connectivity index (χ3v) is 3.03. The molecule has 0 radical (unpaired) electrons. The zero-order valence-corrected chi connectivity index (χ0v) is 14.6. The van der Waals surface area contributed by atoms with Crippen LogP contribution in [0.5, 0.6) is 0 Å². The second-order valence-electron chi connectivity index (χ2n) is 7.52. The highest BCUT2D eigenvalue weighted by Crippen LogP contribution is 2.24. The summed E-state index contributed by atoms with van der Waals surface area (Å²) >= 11 is 0. The molecule has 0 amide bonds. The highest BCUT2D eigenvalue weighted by atomic mass is 15.3. The van der Waals surface area contributed by atoms with E-state index in [1.807, 2.05) is 6.07 Å². The fraction of sp³-hybridized carbons (Fsp3) is 0.750. The lowest BCUT2D eigenvalue weighted by Gasteiger charge is -2.29. The molecule has 5 heteroatoms. The van der Waals surface area contributed by atoms with Gasteiger partial charge in [-0.05, 0) is 11.8 Å². The lowest BCUT2D eigenvalue weighted by atomic mass is 9.95. The largest absolute Gasteiger partial charge is 0.356 e. The van der Waals surface area contributed by atoms with Gasteiger partial charge in [-0.3, -0.25) is 0 Å². The molecule has 3 N–H and O–H groups in total. The minimum Gasteiger partial charge on any atom is -0.356 e. The molecular weight excluding hydrogens is 262 g/mol. The average Bonchev–Trinajstić information content (AvgIpc) is 2.35. The average molecular weight is 293 g/mol. The van der Waals surface area contributed by atoms with Gasteiger partial charge in [0.1, 0.15) is 17.5 Å². The van der Waals surface area contributed by atoms with Crippen LogP contribution in [-0.2, 0) is 5.41 Å². The maximum Gasteiger partial charge on any atom is 0.145 e. The van der Waals surface area contributed by atoms with Gasteiger partial charge in [0.05, 0.1) is 0 Å². The Morgan fingerprint density at radius 3 is 2.00 bits per heavy atom. The van der Waals surface area contributed by atoms with Gasteiger partial charge in [-0.1, -0.05) is 48.5 Å². The Kier molecular flexibility index (Phi) is 5.96. The molecule has 0 aliphatic heterocycles. The smallest absolute Gasteiger partial charge is 0.145 e. The first-order valence-corrected chi connectivity index (χ1v) is 7.74. The zero-order chi connectivity index (χ0) is 16.2. The fourth-order valence-corrected chi connectivity index (χ4v) is 2.15. The molecule has 0 atom stereocenters.